The predicted molar refractivity (Wildman–Crippen MR) is 97.3 cm³/mol. The molecule has 0 radical (unpaired) electrons. The van der Waals surface area contributed by atoms with Crippen LogP contribution in [0.3, 0.4) is 0 Å². The number of benzene rings is 1. The quantitative estimate of drug-likeness (QED) is 0.783. The maximum absolute atomic E-state index is 12.1. The number of amides is 1. The van der Waals surface area contributed by atoms with E-state index in [2.05, 4.69) is 30.8 Å². The fourth-order valence-corrected chi connectivity index (χ4v) is 2.24. The van der Waals surface area contributed by atoms with E-state index < -0.39 is 11.9 Å². The highest BCUT2D eigenvalue weighted by atomic mass is 16.6. The molecule has 7 heteroatoms. The first-order valence-corrected chi connectivity index (χ1v) is 8.42. The van der Waals surface area contributed by atoms with Crippen LogP contribution in [-0.2, 0) is 26.3 Å². The van der Waals surface area contributed by atoms with Gasteiger partial charge in [-0.25, -0.2) is 4.79 Å². The highest BCUT2D eigenvalue weighted by molar-refractivity contribution is 5.95. The van der Waals surface area contributed by atoms with Gasteiger partial charge in [0.25, 0.3) is 5.91 Å². The summed E-state index contributed by atoms with van der Waals surface area (Å²) in [6.07, 6.45) is 0. The maximum Gasteiger partial charge on any atom is 0.373 e. The number of rotatable bonds is 6. The zero-order valence-corrected chi connectivity index (χ0v) is 15.8. The Bertz CT molecular complexity index is 814. The molecule has 1 aromatic carbocycles. The van der Waals surface area contributed by atoms with Gasteiger partial charge in [-0.05, 0) is 35.2 Å². The first-order chi connectivity index (χ1) is 12.7. The molecule has 1 N–H and O–H groups in total. The first-order valence-electron chi connectivity index (χ1n) is 8.42. The summed E-state index contributed by atoms with van der Waals surface area (Å²) in [5, 5.41) is 2.51. The van der Waals surface area contributed by atoms with Crippen molar-refractivity contribution in [2.75, 3.05) is 13.7 Å². The molecule has 2 rings (SSSR count). The van der Waals surface area contributed by atoms with Crippen LogP contribution in [0.1, 0.15) is 53.0 Å². The molecule has 1 aromatic heterocycles. The lowest BCUT2D eigenvalue weighted by Gasteiger charge is -2.19. The molecule has 0 aliphatic carbocycles. The van der Waals surface area contributed by atoms with Gasteiger partial charge in [-0.3, -0.25) is 9.59 Å². The number of hydrogen-bond donors (Lipinski definition) is 1. The number of carbonyl (C=O) groups is 3. The van der Waals surface area contributed by atoms with Gasteiger partial charge in [0.1, 0.15) is 18.9 Å². The molecule has 1 heterocycles. The van der Waals surface area contributed by atoms with E-state index in [9.17, 15) is 14.4 Å². The van der Waals surface area contributed by atoms with Crippen LogP contribution in [0.25, 0.3) is 0 Å². The maximum atomic E-state index is 12.1. The molecule has 0 aliphatic rings. The fraction of sp³-hybridized carbons (Fsp3) is 0.350. The Morgan fingerprint density at radius 1 is 1.04 bits per heavy atom. The second kappa shape index (κ2) is 8.53. The number of furan rings is 1. The Morgan fingerprint density at radius 2 is 1.70 bits per heavy atom. The van der Waals surface area contributed by atoms with Crippen LogP contribution >= 0.6 is 0 Å². The van der Waals surface area contributed by atoms with Crippen molar-refractivity contribution in [1.82, 2.24) is 5.32 Å². The van der Waals surface area contributed by atoms with Crippen LogP contribution in [0, 0.1) is 0 Å². The molecule has 0 bridgehead atoms. The third-order valence-electron chi connectivity index (χ3n) is 3.83. The summed E-state index contributed by atoms with van der Waals surface area (Å²) in [6, 6.07) is 10.2. The lowest BCUT2D eigenvalue weighted by molar-refractivity contribution is -0.144. The molecular formula is C20H23NO6. The first kappa shape index (κ1) is 20.2. The molecule has 1 amide bonds. The summed E-state index contributed by atoms with van der Waals surface area (Å²) in [4.78, 5) is 35.2. The van der Waals surface area contributed by atoms with Crippen molar-refractivity contribution in [1.29, 1.82) is 0 Å². The van der Waals surface area contributed by atoms with Crippen LogP contribution in [-0.4, -0.2) is 31.5 Å². The van der Waals surface area contributed by atoms with Crippen molar-refractivity contribution >= 4 is 17.8 Å². The number of carbonyl (C=O) groups excluding carboxylic acids is 3. The fourth-order valence-electron chi connectivity index (χ4n) is 2.24. The number of ether oxygens (including phenoxy) is 2. The van der Waals surface area contributed by atoms with Crippen LogP contribution in [0.15, 0.2) is 40.8 Å². The highest BCUT2D eigenvalue weighted by Gasteiger charge is 2.15. The van der Waals surface area contributed by atoms with E-state index in [0.717, 1.165) is 5.56 Å². The van der Waals surface area contributed by atoms with Gasteiger partial charge >= 0.3 is 11.9 Å². The Balaban J connectivity index is 1.80. The molecular weight excluding hydrogens is 350 g/mol. The molecule has 0 fully saturated rings. The SMILES string of the molecule is COC(=O)c1ccc(COC(=O)CNC(=O)c2ccc(C(C)(C)C)cc2)o1. The average molecular weight is 373 g/mol. The van der Waals surface area contributed by atoms with Gasteiger partial charge < -0.3 is 19.2 Å². The summed E-state index contributed by atoms with van der Waals surface area (Å²) >= 11 is 0. The van der Waals surface area contributed by atoms with Crippen molar-refractivity contribution in [3.63, 3.8) is 0 Å². The molecule has 0 atom stereocenters. The molecule has 0 unspecified atom stereocenters. The minimum atomic E-state index is -0.620. The van der Waals surface area contributed by atoms with Crippen LogP contribution in [0.5, 0.6) is 0 Å². The summed E-state index contributed by atoms with van der Waals surface area (Å²) in [5.41, 5.74) is 1.58. The van der Waals surface area contributed by atoms with Crippen LogP contribution in [0.2, 0.25) is 0 Å². The van der Waals surface area contributed by atoms with E-state index in [4.69, 9.17) is 9.15 Å². The van der Waals surface area contributed by atoms with E-state index in [1.807, 2.05) is 12.1 Å². The van der Waals surface area contributed by atoms with Crippen LogP contribution in [0.4, 0.5) is 0 Å². The van der Waals surface area contributed by atoms with E-state index >= 15 is 0 Å². The third-order valence-corrected chi connectivity index (χ3v) is 3.83. The largest absolute Gasteiger partial charge is 0.463 e. The van der Waals surface area contributed by atoms with Gasteiger partial charge in [-0.1, -0.05) is 32.9 Å². The van der Waals surface area contributed by atoms with E-state index in [-0.39, 0.29) is 30.2 Å². The second-order valence-corrected chi connectivity index (χ2v) is 6.93. The average Bonchev–Trinajstić information content (AvgIpc) is 3.12. The van der Waals surface area contributed by atoms with Crippen molar-refractivity contribution in [2.45, 2.75) is 32.8 Å². The molecule has 0 aliphatic heterocycles. The van der Waals surface area contributed by atoms with Crippen molar-refractivity contribution in [3.8, 4) is 0 Å². The van der Waals surface area contributed by atoms with Crippen LogP contribution < -0.4 is 5.32 Å². The lowest BCUT2D eigenvalue weighted by atomic mass is 9.87. The minimum absolute atomic E-state index is 0.00159. The zero-order chi connectivity index (χ0) is 20.0. The molecule has 144 valence electrons. The zero-order valence-electron chi connectivity index (χ0n) is 15.8. The van der Waals surface area contributed by atoms with Crippen molar-refractivity contribution in [3.05, 3.63) is 59.0 Å². The lowest BCUT2D eigenvalue weighted by Crippen LogP contribution is -2.30. The Labute approximate surface area is 157 Å². The van der Waals surface area contributed by atoms with Gasteiger partial charge in [0.05, 0.1) is 7.11 Å². The highest BCUT2D eigenvalue weighted by Crippen LogP contribution is 2.22. The molecule has 7 nitrogen and oxygen atoms in total. The monoisotopic (exact) mass is 373 g/mol. The van der Waals surface area contributed by atoms with Gasteiger partial charge in [-0.15, -0.1) is 0 Å². The number of hydrogen-bond acceptors (Lipinski definition) is 6. The molecule has 0 saturated carbocycles. The standard InChI is InChI=1S/C20H23NO6/c1-20(2,3)14-7-5-13(6-8-14)18(23)21-11-17(22)26-12-15-9-10-16(27-15)19(24)25-4/h5-10H,11-12H2,1-4H3,(H,21,23). The number of nitrogens with one attached hydrogen (secondary N) is 1. The van der Waals surface area contributed by atoms with E-state index in [1.165, 1.54) is 19.2 Å². The summed E-state index contributed by atoms with van der Waals surface area (Å²) in [6.45, 7) is 5.85. The normalized spacial score (nSPS) is 11.0. The van der Waals surface area contributed by atoms with Gasteiger partial charge in [0.2, 0.25) is 5.76 Å². The Hall–Kier alpha value is -3.09. The topological polar surface area (TPSA) is 94.8 Å². The Kier molecular flexibility index (Phi) is 6.39. The van der Waals surface area contributed by atoms with Crippen molar-refractivity contribution in [2.24, 2.45) is 0 Å². The smallest absolute Gasteiger partial charge is 0.373 e. The minimum Gasteiger partial charge on any atom is -0.463 e. The van der Waals surface area contributed by atoms with Gasteiger partial charge in [0, 0.05) is 5.56 Å². The van der Waals surface area contributed by atoms with E-state index in [1.54, 1.807) is 12.1 Å². The molecule has 0 spiro atoms. The second-order valence-electron chi connectivity index (χ2n) is 6.93. The molecule has 27 heavy (non-hydrogen) atoms. The van der Waals surface area contributed by atoms with E-state index in [0.29, 0.717) is 11.3 Å². The summed E-state index contributed by atoms with van der Waals surface area (Å²) < 4.78 is 14.7. The summed E-state index contributed by atoms with van der Waals surface area (Å²) in [5.74, 6) is -1.27. The number of esters is 2. The van der Waals surface area contributed by atoms with Gasteiger partial charge in [0.15, 0.2) is 0 Å². The Morgan fingerprint density at radius 3 is 2.30 bits per heavy atom. The molecule has 0 saturated heterocycles. The third kappa shape index (κ3) is 5.70. The van der Waals surface area contributed by atoms with Gasteiger partial charge in [-0.2, -0.15) is 0 Å². The summed E-state index contributed by atoms with van der Waals surface area (Å²) in [7, 11) is 1.24. The van der Waals surface area contributed by atoms with Crippen molar-refractivity contribution < 1.29 is 28.3 Å². The predicted octanol–water partition coefficient (Wildman–Crippen LogP) is 2.84. The molecule has 2 aromatic rings. The number of methoxy groups -OCH3 is 1.